The minimum Gasteiger partial charge on any atom is -0.481 e. The molecule has 94 valence electrons. The summed E-state index contributed by atoms with van der Waals surface area (Å²) in [7, 11) is -2.91. The first kappa shape index (κ1) is 13.4. The fraction of sp³-hybridized carbons (Fsp3) is 0.889. The fourth-order valence-corrected chi connectivity index (χ4v) is 3.36. The Labute approximate surface area is 94.6 Å². The van der Waals surface area contributed by atoms with Crippen molar-refractivity contribution in [1.29, 1.82) is 0 Å². The first-order chi connectivity index (χ1) is 7.39. The maximum Gasteiger partial charge on any atom is 0.303 e. The van der Waals surface area contributed by atoms with Crippen molar-refractivity contribution in [3.8, 4) is 0 Å². The Hall–Kier alpha value is -0.660. The molecule has 1 aliphatic rings. The average Bonchev–Trinajstić information content (AvgIpc) is 2.52. The molecule has 0 aromatic carbocycles. The van der Waals surface area contributed by atoms with Crippen molar-refractivity contribution in [1.82, 2.24) is 5.32 Å². The molecular weight excluding hydrogens is 234 g/mol. The van der Waals surface area contributed by atoms with Crippen LogP contribution in [0.1, 0.15) is 19.3 Å². The largest absolute Gasteiger partial charge is 0.481 e. The van der Waals surface area contributed by atoms with E-state index in [4.69, 9.17) is 5.11 Å². The number of carboxylic acid groups (broad SMARTS) is 1. The summed E-state index contributed by atoms with van der Waals surface area (Å²) < 4.78 is 22.2. The van der Waals surface area contributed by atoms with E-state index in [9.17, 15) is 18.3 Å². The van der Waals surface area contributed by atoms with Crippen LogP contribution in [0.4, 0.5) is 0 Å². The number of rotatable bonds is 6. The number of aliphatic hydroxyl groups is 1. The molecule has 16 heavy (non-hydrogen) atoms. The SMILES string of the molecule is O=C(O)CCC(O)CNC1CCS(=O)(=O)C1. The van der Waals surface area contributed by atoms with Crippen LogP contribution in [0.2, 0.25) is 0 Å². The number of hydrogen-bond acceptors (Lipinski definition) is 5. The molecule has 6 nitrogen and oxygen atoms in total. The first-order valence-corrected chi connectivity index (χ1v) is 7.05. The van der Waals surface area contributed by atoms with E-state index in [-0.39, 0.29) is 36.9 Å². The van der Waals surface area contributed by atoms with Crippen molar-refractivity contribution in [2.24, 2.45) is 0 Å². The van der Waals surface area contributed by atoms with Crippen molar-refractivity contribution in [2.75, 3.05) is 18.1 Å². The summed E-state index contributed by atoms with van der Waals surface area (Å²) in [5, 5.41) is 20.8. The zero-order valence-corrected chi connectivity index (χ0v) is 9.74. The highest BCUT2D eigenvalue weighted by atomic mass is 32.2. The molecule has 0 aromatic heterocycles. The molecule has 2 atom stereocenters. The van der Waals surface area contributed by atoms with Crippen LogP contribution in [0.25, 0.3) is 0 Å². The second kappa shape index (κ2) is 5.60. The molecule has 0 bridgehead atoms. The van der Waals surface area contributed by atoms with Gasteiger partial charge in [0.15, 0.2) is 9.84 Å². The minimum absolute atomic E-state index is 0.0776. The number of aliphatic carboxylic acids is 1. The summed E-state index contributed by atoms with van der Waals surface area (Å²) in [6.45, 7) is 0.244. The van der Waals surface area contributed by atoms with Gasteiger partial charge in [0.25, 0.3) is 0 Å². The molecule has 0 saturated carbocycles. The highest BCUT2D eigenvalue weighted by Gasteiger charge is 2.27. The van der Waals surface area contributed by atoms with E-state index in [0.717, 1.165) is 0 Å². The van der Waals surface area contributed by atoms with Crippen LogP contribution in [0.3, 0.4) is 0 Å². The lowest BCUT2D eigenvalue weighted by molar-refractivity contribution is -0.137. The number of nitrogens with one attached hydrogen (secondary N) is 1. The summed E-state index contributed by atoms with van der Waals surface area (Å²) in [5.74, 6) is -0.642. The molecule has 1 rings (SSSR count). The number of hydrogen-bond donors (Lipinski definition) is 3. The van der Waals surface area contributed by atoms with E-state index in [1.165, 1.54) is 0 Å². The van der Waals surface area contributed by atoms with Crippen molar-refractivity contribution >= 4 is 15.8 Å². The molecule has 1 fully saturated rings. The molecule has 3 N–H and O–H groups in total. The Balaban J connectivity index is 2.18. The number of sulfone groups is 1. The van der Waals surface area contributed by atoms with Gasteiger partial charge in [0, 0.05) is 19.0 Å². The molecule has 0 radical (unpaired) electrons. The third-order valence-electron chi connectivity index (χ3n) is 2.57. The van der Waals surface area contributed by atoms with E-state index in [2.05, 4.69) is 5.32 Å². The van der Waals surface area contributed by atoms with Gasteiger partial charge in [0.05, 0.1) is 17.6 Å². The van der Waals surface area contributed by atoms with Crippen LogP contribution in [0, 0.1) is 0 Å². The van der Waals surface area contributed by atoms with Gasteiger partial charge < -0.3 is 15.5 Å². The van der Waals surface area contributed by atoms with Crippen molar-refractivity contribution in [2.45, 2.75) is 31.4 Å². The van der Waals surface area contributed by atoms with Crippen LogP contribution in [-0.4, -0.2) is 54.8 Å². The summed E-state index contributed by atoms with van der Waals surface area (Å²) in [5.41, 5.74) is 0. The van der Waals surface area contributed by atoms with Gasteiger partial charge in [-0.1, -0.05) is 0 Å². The quantitative estimate of drug-likeness (QED) is 0.559. The lowest BCUT2D eigenvalue weighted by Crippen LogP contribution is -2.36. The predicted octanol–water partition coefficient (Wildman–Crippen LogP) is -1.01. The number of aliphatic hydroxyl groups excluding tert-OH is 1. The van der Waals surface area contributed by atoms with Crippen molar-refractivity contribution in [3.05, 3.63) is 0 Å². The lowest BCUT2D eigenvalue weighted by Gasteiger charge is -2.14. The molecule has 1 heterocycles. The molecule has 0 spiro atoms. The van der Waals surface area contributed by atoms with E-state index >= 15 is 0 Å². The molecule has 0 aliphatic carbocycles. The topological polar surface area (TPSA) is 104 Å². The minimum atomic E-state index is -2.91. The highest BCUT2D eigenvalue weighted by Crippen LogP contribution is 2.11. The van der Waals surface area contributed by atoms with Gasteiger partial charge in [-0.2, -0.15) is 0 Å². The van der Waals surface area contributed by atoms with Crippen LogP contribution in [0.15, 0.2) is 0 Å². The molecule has 7 heteroatoms. The molecule has 1 saturated heterocycles. The molecule has 0 amide bonds. The zero-order chi connectivity index (χ0) is 12.2. The second-order valence-electron chi connectivity index (χ2n) is 4.09. The van der Waals surface area contributed by atoms with Crippen LogP contribution < -0.4 is 5.32 Å². The van der Waals surface area contributed by atoms with Gasteiger partial charge >= 0.3 is 5.97 Å². The van der Waals surface area contributed by atoms with Crippen molar-refractivity contribution < 1.29 is 23.4 Å². The summed E-state index contributed by atoms with van der Waals surface area (Å²) in [4.78, 5) is 10.2. The summed E-state index contributed by atoms with van der Waals surface area (Å²) in [6, 6.07) is -0.107. The monoisotopic (exact) mass is 251 g/mol. The fourth-order valence-electron chi connectivity index (χ4n) is 1.65. The van der Waals surface area contributed by atoms with E-state index in [1.54, 1.807) is 0 Å². The van der Waals surface area contributed by atoms with Gasteiger partial charge in [-0.25, -0.2) is 8.42 Å². The Bertz CT molecular complexity index is 340. The Morgan fingerprint density at radius 3 is 2.69 bits per heavy atom. The zero-order valence-electron chi connectivity index (χ0n) is 8.92. The average molecular weight is 251 g/mol. The maximum atomic E-state index is 11.1. The standard InChI is InChI=1S/C9H17NO5S/c11-8(1-2-9(12)13)5-10-7-3-4-16(14,15)6-7/h7-8,10-11H,1-6H2,(H,12,13). The van der Waals surface area contributed by atoms with Crippen LogP contribution in [0.5, 0.6) is 0 Å². The van der Waals surface area contributed by atoms with Gasteiger partial charge in [0.1, 0.15) is 0 Å². The first-order valence-electron chi connectivity index (χ1n) is 5.23. The van der Waals surface area contributed by atoms with Crippen LogP contribution >= 0.6 is 0 Å². The van der Waals surface area contributed by atoms with Gasteiger partial charge in [-0.15, -0.1) is 0 Å². The lowest BCUT2D eigenvalue weighted by atomic mass is 10.2. The number of carbonyl (C=O) groups is 1. The van der Waals surface area contributed by atoms with E-state index in [0.29, 0.717) is 6.42 Å². The Morgan fingerprint density at radius 1 is 1.50 bits per heavy atom. The highest BCUT2D eigenvalue weighted by molar-refractivity contribution is 7.91. The van der Waals surface area contributed by atoms with Gasteiger partial charge in [-0.05, 0) is 12.8 Å². The molecule has 0 aromatic rings. The predicted molar refractivity (Wildman–Crippen MR) is 57.9 cm³/mol. The third-order valence-corrected chi connectivity index (χ3v) is 4.33. The molecular formula is C9H17NO5S. The van der Waals surface area contributed by atoms with E-state index < -0.39 is 21.9 Å². The van der Waals surface area contributed by atoms with Gasteiger partial charge in [0.2, 0.25) is 0 Å². The summed E-state index contributed by atoms with van der Waals surface area (Å²) >= 11 is 0. The molecule has 2 unspecified atom stereocenters. The van der Waals surface area contributed by atoms with E-state index in [1.807, 2.05) is 0 Å². The third kappa shape index (κ3) is 4.91. The number of carboxylic acids is 1. The molecule has 1 aliphatic heterocycles. The normalized spacial score (nSPS) is 25.4. The smallest absolute Gasteiger partial charge is 0.303 e. The second-order valence-corrected chi connectivity index (χ2v) is 6.32. The Kier molecular flexibility index (Phi) is 4.69. The Morgan fingerprint density at radius 2 is 2.19 bits per heavy atom. The van der Waals surface area contributed by atoms with Gasteiger partial charge in [-0.3, -0.25) is 4.79 Å². The van der Waals surface area contributed by atoms with Crippen molar-refractivity contribution in [3.63, 3.8) is 0 Å². The van der Waals surface area contributed by atoms with Crippen LogP contribution in [-0.2, 0) is 14.6 Å². The maximum absolute atomic E-state index is 11.1. The summed E-state index contributed by atoms with van der Waals surface area (Å²) in [6.07, 6.45) is -0.0684.